The molecule has 0 unspecified atom stereocenters. The van der Waals surface area contributed by atoms with Gasteiger partial charge in [0.2, 0.25) is 0 Å². The highest BCUT2D eigenvalue weighted by Crippen LogP contribution is 2.34. The molecule has 0 amide bonds. The highest BCUT2D eigenvalue weighted by molar-refractivity contribution is 5.73. The van der Waals surface area contributed by atoms with Gasteiger partial charge in [0.1, 0.15) is 5.69 Å². The number of hydrogen-bond donors (Lipinski definition) is 0. The molecule has 2 aromatic carbocycles. The Morgan fingerprint density at radius 1 is 1.21 bits per heavy atom. The maximum atomic E-state index is 11.4. The number of aryl methyl sites for hydroxylation is 1. The zero-order chi connectivity index (χ0) is 16.7. The number of para-hydroxylation sites is 1. The number of hydrogen-bond acceptors (Lipinski definition) is 5. The van der Waals surface area contributed by atoms with Crippen molar-refractivity contribution in [1.29, 1.82) is 0 Å². The fourth-order valence-corrected chi connectivity index (χ4v) is 2.93. The lowest BCUT2D eigenvalue weighted by Gasteiger charge is -2.06. The number of nitro groups is 1. The van der Waals surface area contributed by atoms with Gasteiger partial charge in [0, 0.05) is 11.6 Å². The molecule has 0 saturated carbocycles. The van der Waals surface area contributed by atoms with Gasteiger partial charge in [0.15, 0.2) is 0 Å². The van der Waals surface area contributed by atoms with Gasteiger partial charge in [0.25, 0.3) is 5.69 Å². The lowest BCUT2D eigenvalue weighted by atomic mass is 10.0. The summed E-state index contributed by atoms with van der Waals surface area (Å²) < 4.78 is 7.44. The Balaban J connectivity index is 1.94. The molecule has 24 heavy (non-hydrogen) atoms. The molecule has 0 atom stereocenters. The number of aromatic nitrogens is 3. The smallest absolute Gasteiger partial charge is 0.278 e. The molecule has 4 rings (SSSR count). The molecular weight excluding hydrogens is 308 g/mol. The van der Waals surface area contributed by atoms with E-state index in [0.29, 0.717) is 30.2 Å². The molecule has 2 heterocycles. The van der Waals surface area contributed by atoms with Crippen LogP contribution in [0.1, 0.15) is 16.8 Å². The van der Waals surface area contributed by atoms with Crippen LogP contribution in [0.25, 0.3) is 16.9 Å². The summed E-state index contributed by atoms with van der Waals surface area (Å²) >= 11 is 0. The van der Waals surface area contributed by atoms with Crippen molar-refractivity contribution in [2.75, 3.05) is 0 Å². The minimum absolute atomic E-state index is 0.0152. The quantitative estimate of drug-likeness (QED) is 0.534. The minimum atomic E-state index is -0.397. The summed E-state index contributed by atoms with van der Waals surface area (Å²) in [6.07, 6.45) is 0. The maximum Gasteiger partial charge on any atom is 0.278 e. The average molecular weight is 322 g/mol. The van der Waals surface area contributed by atoms with Crippen LogP contribution in [-0.4, -0.2) is 19.9 Å². The van der Waals surface area contributed by atoms with Crippen LogP contribution in [-0.2, 0) is 18.0 Å². The van der Waals surface area contributed by atoms with Crippen LogP contribution in [0.2, 0.25) is 0 Å². The zero-order valence-electron chi connectivity index (χ0n) is 13.0. The number of ether oxygens (including phenoxy) is 1. The van der Waals surface area contributed by atoms with E-state index in [1.807, 2.05) is 31.2 Å². The number of benzene rings is 2. The fraction of sp³-hybridized carbons (Fsp3) is 0.176. The summed E-state index contributed by atoms with van der Waals surface area (Å²) in [5.41, 5.74) is 4.50. The van der Waals surface area contributed by atoms with E-state index >= 15 is 0 Å². The first kappa shape index (κ1) is 14.5. The number of nitro benzene ring substituents is 1. The van der Waals surface area contributed by atoms with Crippen LogP contribution in [0.15, 0.2) is 42.5 Å². The molecule has 1 aromatic heterocycles. The molecule has 0 saturated heterocycles. The van der Waals surface area contributed by atoms with E-state index in [2.05, 4.69) is 10.3 Å². The van der Waals surface area contributed by atoms with Crippen molar-refractivity contribution in [2.45, 2.75) is 20.1 Å². The molecule has 0 N–H and O–H groups in total. The van der Waals surface area contributed by atoms with Crippen molar-refractivity contribution >= 4 is 5.69 Å². The summed E-state index contributed by atoms with van der Waals surface area (Å²) in [4.78, 5) is 11.0. The van der Waals surface area contributed by atoms with Crippen molar-refractivity contribution < 1.29 is 9.66 Å². The molecule has 1 aliphatic heterocycles. The van der Waals surface area contributed by atoms with Gasteiger partial charge in [-0.1, -0.05) is 29.5 Å². The van der Waals surface area contributed by atoms with Crippen LogP contribution >= 0.6 is 0 Å². The summed E-state index contributed by atoms with van der Waals surface area (Å²) in [5, 5.41) is 19.8. The van der Waals surface area contributed by atoms with Crippen LogP contribution in [0, 0.1) is 17.0 Å². The zero-order valence-corrected chi connectivity index (χ0v) is 13.0. The molecule has 1 aliphatic rings. The summed E-state index contributed by atoms with van der Waals surface area (Å²) in [6.45, 7) is 2.65. The maximum absolute atomic E-state index is 11.4. The lowest BCUT2D eigenvalue weighted by Crippen LogP contribution is -2.02. The van der Waals surface area contributed by atoms with Crippen LogP contribution in [0.3, 0.4) is 0 Å². The van der Waals surface area contributed by atoms with Crippen molar-refractivity contribution in [3.63, 3.8) is 0 Å². The molecule has 120 valence electrons. The van der Waals surface area contributed by atoms with Gasteiger partial charge in [-0.15, -0.1) is 5.10 Å². The largest absolute Gasteiger partial charge is 0.370 e. The SMILES string of the molecule is Cc1ccc([N+](=O)[O-])c(-c2nnn3c2COCc2ccccc2-3)c1. The lowest BCUT2D eigenvalue weighted by molar-refractivity contribution is -0.384. The van der Waals surface area contributed by atoms with Crippen molar-refractivity contribution in [3.8, 4) is 16.9 Å². The second-order valence-corrected chi connectivity index (χ2v) is 5.70. The molecule has 0 radical (unpaired) electrons. The molecular formula is C17H14N4O3. The van der Waals surface area contributed by atoms with Gasteiger partial charge in [0.05, 0.1) is 35.1 Å². The monoisotopic (exact) mass is 322 g/mol. The van der Waals surface area contributed by atoms with E-state index in [-0.39, 0.29) is 5.69 Å². The summed E-state index contributed by atoms with van der Waals surface area (Å²) in [6, 6.07) is 12.8. The van der Waals surface area contributed by atoms with Gasteiger partial charge in [-0.05, 0) is 24.6 Å². The van der Waals surface area contributed by atoms with E-state index in [9.17, 15) is 10.1 Å². The summed E-state index contributed by atoms with van der Waals surface area (Å²) in [5.74, 6) is 0. The third-order valence-electron chi connectivity index (χ3n) is 4.08. The van der Waals surface area contributed by atoms with Crippen molar-refractivity contribution in [2.24, 2.45) is 0 Å². The van der Waals surface area contributed by atoms with Gasteiger partial charge < -0.3 is 4.74 Å². The number of fused-ring (bicyclic) bond motifs is 3. The van der Waals surface area contributed by atoms with E-state index < -0.39 is 4.92 Å². The van der Waals surface area contributed by atoms with E-state index in [4.69, 9.17) is 4.74 Å². The number of rotatable bonds is 2. The molecule has 0 aliphatic carbocycles. The predicted octanol–water partition coefficient (Wildman–Crippen LogP) is 3.18. The first-order valence-electron chi connectivity index (χ1n) is 7.51. The van der Waals surface area contributed by atoms with Crippen molar-refractivity contribution in [3.05, 3.63) is 69.4 Å². The Kier molecular flexibility index (Phi) is 3.35. The predicted molar refractivity (Wildman–Crippen MR) is 86.7 cm³/mol. The second kappa shape index (κ2) is 5.54. The first-order valence-corrected chi connectivity index (χ1v) is 7.51. The van der Waals surface area contributed by atoms with Crippen LogP contribution in [0.5, 0.6) is 0 Å². The molecule has 7 heteroatoms. The van der Waals surface area contributed by atoms with Gasteiger partial charge in [-0.25, -0.2) is 4.68 Å². The van der Waals surface area contributed by atoms with Gasteiger partial charge >= 0.3 is 0 Å². The molecule has 0 spiro atoms. The highest BCUT2D eigenvalue weighted by Gasteiger charge is 2.25. The van der Waals surface area contributed by atoms with Crippen LogP contribution < -0.4 is 0 Å². The molecule has 7 nitrogen and oxygen atoms in total. The van der Waals surface area contributed by atoms with E-state index in [1.54, 1.807) is 16.8 Å². The second-order valence-electron chi connectivity index (χ2n) is 5.70. The highest BCUT2D eigenvalue weighted by atomic mass is 16.6. The number of nitrogens with zero attached hydrogens (tertiary/aromatic N) is 4. The van der Waals surface area contributed by atoms with E-state index in [1.165, 1.54) is 6.07 Å². The third kappa shape index (κ3) is 2.26. The van der Waals surface area contributed by atoms with Crippen LogP contribution in [0.4, 0.5) is 5.69 Å². The fourth-order valence-electron chi connectivity index (χ4n) is 2.93. The minimum Gasteiger partial charge on any atom is -0.370 e. The van der Waals surface area contributed by atoms with E-state index in [0.717, 1.165) is 16.8 Å². The third-order valence-corrected chi connectivity index (χ3v) is 4.08. The molecule has 0 bridgehead atoms. The molecule has 0 fully saturated rings. The van der Waals surface area contributed by atoms with Crippen molar-refractivity contribution in [1.82, 2.24) is 15.0 Å². The first-order chi connectivity index (χ1) is 11.6. The Labute approximate surface area is 137 Å². The summed E-state index contributed by atoms with van der Waals surface area (Å²) in [7, 11) is 0. The van der Waals surface area contributed by atoms with Gasteiger partial charge in [-0.2, -0.15) is 0 Å². The molecule has 3 aromatic rings. The normalized spacial score (nSPS) is 13.0. The van der Waals surface area contributed by atoms with Gasteiger partial charge in [-0.3, -0.25) is 10.1 Å². The Bertz CT molecular complexity index is 949. The standard InChI is InChI=1S/C17H14N4O3/c1-11-6-7-15(21(22)23)13(8-11)17-16-10-24-9-12-4-2-3-5-14(12)20(16)19-18-17/h2-8H,9-10H2,1H3. The average Bonchev–Trinajstić information content (AvgIpc) is 2.90. The Morgan fingerprint density at radius 2 is 2.04 bits per heavy atom. The Hall–Kier alpha value is -3.06. The topological polar surface area (TPSA) is 83.1 Å². The Morgan fingerprint density at radius 3 is 2.88 bits per heavy atom.